The molecule has 0 saturated heterocycles. The molecule has 0 fully saturated rings. The summed E-state index contributed by atoms with van der Waals surface area (Å²) >= 11 is 0. The van der Waals surface area contributed by atoms with Crippen LogP contribution in [0.5, 0.6) is 5.75 Å². The minimum atomic E-state index is 0.250. The standard InChI is InChI=1S/C19H23NO/c1-14-7-8-18(19(21)13-14)15(2)20-11-9-16-5-3-4-6-17(16)10-12-20/h3-8,13,15,21H,9-12H2,1-2H3. The Hall–Kier alpha value is -1.80. The number of nitrogens with zero attached hydrogens (tertiary/aromatic N) is 1. The first-order valence-electron chi connectivity index (χ1n) is 7.75. The molecule has 0 amide bonds. The summed E-state index contributed by atoms with van der Waals surface area (Å²) in [7, 11) is 0. The molecule has 2 nitrogen and oxygen atoms in total. The van der Waals surface area contributed by atoms with Crippen molar-refractivity contribution in [1.82, 2.24) is 4.90 Å². The summed E-state index contributed by atoms with van der Waals surface area (Å²) in [4.78, 5) is 2.48. The molecule has 0 bridgehead atoms. The van der Waals surface area contributed by atoms with Crippen LogP contribution in [0.1, 0.15) is 35.2 Å². The number of aryl methyl sites for hydroxylation is 1. The van der Waals surface area contributed by atoms with Crippen molar-refractivity contribution in [2.24, 2.45) is 0 Å². The molecule has 0 spiro atoms. The lowest BCUT2D eigenvalue weighted by Gasteiger charge is -2.28. The van der Waals surface area contributed by atoms with E-state index in [4.69, 9.17) is 0 Å². The average Bonchev–Trinajstić information content (AvgIpc) is 2.69. The van der Waals surface area contributed by atoms with Gasteiger partial charge in [0.15, 0.2) is 0 Å². The number of hydrogen-bond acceptors (Lipinski definition) is 2. The van der Waals surface area contributed by atoms with Crippen LogP contribution in [0.15, 0.2) is 42.5 Å². The number of rotatable bonds is 2. The van der Waals surface area contributed by atoms with Gasteiger partial charge in [-0.2, -0.15) is 0 Å². The summed E-state index contributed by atoms with van der Waals surface area (Å²) in [5.74, 6) is 0.421. The summed E-state index contributed by atoms with van der Waals surface area (Å²) in [5.41, 5.74) is 5.08. The van der Waals surface area contributed by atoms with Crippen LogP contribution in [-0.2, 0) is 12.8 Å². The van der Waals surface area contributed by atoms with Crippen LogP contribution < -0.4 is 0 Å². The summed E-state index contributed by atoms with van der Waals surface area (Å²) in [6.45, 7) is 6.30. The summed E-state index contributed by atoms with van der Waals surface area (Å²) in [5, 5.41) is 10.2. The SMILES string of the molecule is Cc1ccc(C(C)N2CCc3ccccc3CC2)c(O)c1. The number of phenolic OH excluding ortho intramolecular Hbond substituents is 1. The van der Waals surface area contributed by atoms with Crippen molar-refractivity contribution in [1.29, 1.82) is 0 Å². The molecule has 3 rings (SSSR count). The van der Waals surface area contributed by atoms with Gasteiger partial charge in [0, 0.05) is 24.7 Å². The van der Waals surface area contributed by atoms with Crippen LogP contribution >= 0.6 is 0 Å². The molecule has 0 aliphatic carbocycles. The molecule has 110 valence electrons. The zero-order chi connectivity index (χ0) is 14.8. The van der Waals surface area contributed by atoms with Crippen LogP contribution in [0.2, 0.25) is 0 Å². The van der Waals surface area contributed by atoms with Gasteiger partial charge < -0.3 is 5.11 Å². The molecular weight excluding hydrogens is 258 g/mol. The lowest BCUT2D eigenvalue weighted by Crippen LogP contribution is -2.29. The fraction of sp³-hybridized carbons (Fsp3) is 0.368. The van der Waals surface area contributed by atoms with Gasteiger partial charge in [-0.1, -0.05) is 36.4 Å². The van der Waals surface area contributed by atoms with E-state index in [0.717, 1.165) is 37.1 Å². The van der Waals surface area contributed by atoms with E-state index < -0.39 is 0 Å². The molecule has 2 heteroatoms. The average molecular weight is 281 g/mol. The van der Waals surface area contributed by atoms with Crippen molar-refractivity contribution in [2.45, 2.75) is 32.7 Å². The second-order valence-corrected chi connectivity index (χ2v) is 6.04. The zero-order valence-electron chi connectivity index (χ0n) is 12.8. The zero-order valence-corrected chi connectivity index (χ0v) is 12.8. The maximum atomic E-state index is 10.2. The van der Waals surface area contributed by atoms with Crippen molar-refractivity contribution in [3.8, 4) is 5.75 Å². The van der Waals surface area contributed by atoms with Crippen molar-refractivity contribution >= 4 is 0 Å². The molecule has 0 aromatic heterocycles. The Labute approximate surface area is 127 Å². The molecule has 1 atom stereocenters. The number of phenols is 1. The molecule has 1 aliphatic heterocycles. The van der Waals surface area contributed by atoms with Gasteiger partial charge in [0.2, 0.25) is 0 Å². The Bertz CT molecular complexity index is 608. The Morgan fingerprint density at radius 3 is 2.19 bits per heavy atom. The first kappa shape index (κ1) is 14.2. The number of hydrogen-bond donors (Lipinski definition) is 1. The van der Waals surface area contributed by atoms with E-state index in [1.807, 2.05) is 13.0 Å². The lowest BCUT2D eigenvalue weighted by molar-refractivity contribution is 0.217. The fourth-order valence-corrected chi connectivity index (χ4v) is 3.28. The first-order chi connectivity index (χ1) is 10.1. The maximum absolute atomic E-state index is 10.2. The van der Waals surface area contributed by atoms with Gasteiger partial charge in [0.05, 0.1) is 0 Å². The fourth-order valence-electron chi connectivity index (χ4n) is 3.28. The van der Waals surface area contributed by atoms with Crippen molar-refractivity contribution in [2.75, 3.05) is 13.1 Å². The highest BCUT2D eigenvalue weighted by molar-refractivity contribution is 5.38. The normalized spacial score (nSPS) is 17.0. The second kappa shape index (κ2) is 5.90. The highest BCUT2D eigenvalue weighted by Crippen LogP contribution is 2.30. The summed E-state index contributed by atoms with van der Waals surface area (Å²) < 4.78 is 0. The van der Waals surface area contributed by atoms with Crippen molar-refractivity contribution in [3.63, 3.8) is 0 Å². The van der Waals surface area contributed by atoms with Gasteiger partial charge in [0.25, 0.3) is 0 Å². The molecule has 2 aromatic carbocycles. The van der Waals surface area contributed by atoms with Crippen LogP contribution in [0.4, 0.5) is 0 Å². The van der Waals surface area contributed by atoms with E-state index in [9.17, 15) is 5.11 Å². The summed E-state index contributed by atoms with van der Waals surface area (Å²) in [6, 6.07) is 15.0. The molecule has 2 aromatic rings. The van der Waals surface area contributed by atoms with E-state index in [2.05, 4.69) is 48.2 Å². The number of benzene rings is 2. The minimum absolute atomic E-state index is 0.250. The third-order valence-corrected chi connectivity index (χ3v) is 4.64. The van der Waals surface area contributed by atoms with Gasteiger partial charge >= 0.3 is 0 Å². The van der Waals surface area contributed by atoms with Crippen LogP contribution in [-0.4, -0.2) is 23.1 Å². The molecule has 1 aliphatic rings. The molecule has 21 heavy (non-hydrogen) atoms. The Balaban J connectivity index is 1.79. The van der Waals surface area contributed by atoms with Gasteiger partial charge in [-0.25, -0.2) is 0 Å². The number of aromatic hydroxyl groups is 1. The lowest BCUT2D eigenvalue weighted by atomic mass is 10.0. The predicted molar refractivity (Wildman–Crippen MR) is 86.7 cm³/mol. The van der Waals surface area contributed by atoms with Gasteiger partial charge in [-0.15, -0.1) is 0 Å². The summed E-state index contributed by atoms with van der Waals surface area (Å²) in [6.07, 6.45) is 2.18. The maximum Gasteiger partial charge on any atom is 0.120 e. The van der Waals surface area contributed by atoms with Crippen molar-refractivity contribution in [3.05, 3.63) is 64.7 Å². The molecule has 1 heterocycles. The molecule has 0 saturated carbocycles. The number of fused-ring (bicyclic) bond motifs is 1. The second-order valence-electron chi connectivity index (χ2n) is 6.04. The van der Waals surface area contributed by atoms with E-state index in [0.29, 0.717) is 5.75 Å². The van der Waals surface area contributed by atoms with Gasteiger partial charge in [-0.3, -0.25) is 4.90 Å². The molecule has 1 N–H and O–H groups in total. The van der Waals surface area contributed by atoms with Crippen LogP contribution in [0, 0.1) is 6.92 Å². The quantitative estimate of drug-likeness (QED) is 0.903. The first-order valence-corrected chi connectivity index (χ1v) is 7.75. The molecular formula is C19H23NO. The highest BCUT2D eigenvalue weighted by atomic mass is 16.3. The third-order valence-electron chi connectivity index (χ3n) is 4.64. The monoisotopic (exact) mass is 281 g/mol. The Morgan fingerprint density at radius 2 is 1.62 bits per heavy atom. The predicted octanol–water partition coefficient (Wildman–Crippen LogP) is 3.86. The molecule has 1 unspecified atom stereocenters. The van der Waals surface area contributed by atoms with Crippen LogP contribution in [0.3, 0.4) is 0 Å². The Kier molecular flexibility index (Phi) is 3.98. The third kappa shape index (κ3) is 2.96. The van der Waals surface area contributed by atoms with Gasteiger partial charge in [0.1, 0.15) is 5.75 Å². The van der Waals surface area contributed by atoms with Crippen LogP contribution in [0.25, 0.3) is 0 Å². The highest BCUT2D eigenvalue weighted by Gasteiger charge is 2.21. The minimum Gasteiger partial charge on any atom is -0.508 e. The topological polar surface area (TPSA) is 23.5 Å². The van der Waals surface area contributed by atoms with E-state index in [1.54, 1.807) is 0 Å². The van der Waals surface area contributed by atoms with Gasteiger partial charge in [-0.05, 0) is 49.4 Å². The Morgan fingerprint density at radius 1 is 1.00 bits per heavy atom. The van der Waals surface area contributed by atoms with E-state index in [1.165, 1.54) is 11.1 Å². The molecule has 0 radical (unpaired) electrons. The van der Waals surface area contributed by atoms with E-state index in [-0.39, 0.29) is 6.04 Å². The van der Waals surface area contributed by atoms with Crippen molar-refractivity contribution < 1.29 is 5.11 Å². The largest absolute Gasteiger partial charge is 0.508 e. The van der Waals surface area contributed by atoms with E-state index >= 15 is 0 Å². The smallest absolute Gasteiger partial charge is 0.120 e.